The van der Waals surface area contributed by atoms with Crippen molar-refractivity contribution < 1.29 is 24.2 Å². The first-order valence-corrected chi connectivity index (χ1v) is 9.13. The van der Waals surface area contributed by atoms with E-state index in [0.717, 1.165) is 4.90 Å². The molecule has 0 unspecified atom stereocenters. The average molecular weight is 388 g/mol. The molecule has 0 radical (unpaired) electrons. The van der Waals surface area contributed by atoms with Gasteiger partial charge in [0.1, 0.15) is 5.75 Å². The normalized spacial score (nSPS) is 10.1. The van der Waals surface area contributed by atoms with Crippen molar-refractivity contribution in [3.63, 3.8) is 0 Å². The topological polar surface area (TPSA) is 105 Å². The van der Waals surface area contributed by atoms with E-state index in [2.05, 4.69) is 10.6 Å². The minimum atomic E-state index is -1.01. The van der Waals surface area contributed by atoms with Crippen LogP contribution in [0.25, 0.3) is 0 Å². The summed E-state index contributed by atoms with van der Waals surface area (Å²) in [6.45, 7) is 0. The van der Waals surface area contributed by atoms with Crippen LogP contribution in [0.4, 0.5) is 11.4 Å². The molecular formula is C19H20N2O5S. The van der Waals surface area contributed by atoms with E-state index >= 15 is 0 Å². The monoisotopic (exact) mass is 388 g/mol. The Kier molecular flexibility index (Phi) is 7.69. The van der Waals surface area contributed by atoms with Gasteiger partial charge in [-0.15, -0.1) is 11.8 Å². The maximum absolute atomic E-state index is 12.0. The van der Waals surface area contributed by atoms with Crippen LogP contribution in [0, 0.1) is 0 Å². The Bertz CT molecular complexity index is 808. The van der Waals surface area contributed by atoms with Gasteiger partial charge in [0.05, 0.1) is 19.3 Å². The molecule has 2 aromatic carbocycles. The predicted octanol–water partition coefficient (Wildman–Crippen LogP) is 3.23. The lowest BCUT2D eigenvalue weighted by Gasteiger charge is -2.08. The quantitative estimate of drug-likeness (QED) is 0.570. The van der Waals surface area contributed by atoms with Gasteiger partial charge < -0.3 is 20.5 Å². The first-order valence-electron chi connectivity index (χ1n) is 8.14. The molecule has 0 fully saturated rings. The zero-order valence-electron chi connectivity index (χ0n) is 14.7. The van der Waals surface area contributed by atoms with E-state index in [1.165, 1.54) is 11.8 Å². The van der Waals surface area contributed by atoms with E-state index in [0.29, 0.717) is 17.1 Å². The van der Waals surface area contributed by atoms with Crippen molar-refractivity contribution in [2.75, 3.05) is 23.5 Å². The van der Waals surface area contributed by atoms with Crippen LogP contribution in [0.2, 0.25) is 0 Å². The molecule has 0 aromatic heterocycles. The van der Waals surface area contributed by atoms with Gasteiger partial charge >= 0.3 is 5.97 Å². The Morgan fingerprint density at radius 2 is 1.67 bits per heavy atom. The van der Waals surface area contributed by atoms with Crippen LogP contribution in [-0.4, -0.2) is 35.8 Å². The molecule has 2 aromatic rings. The Balaban J connectivity index is 1.79. The number of carboxylic acids is 1. The second kappa shape index (κ2) is 10.2. The Labute approximate surface area is 161 Å². The summed E-state index contributed by atoms with van der Waals surface area (Å²) in [5.41, 5.74) is 1.25. The number of carbonyl (C=O) groups excluding carboxylic acids is 2. The lowest BCUT2D eigenvalue weighted by molar-refractivity contribution is -0.138. The van der Waals surface area contributed by atoms with Crippen molar-refractivity contribution in [3.8, 4) is 5.75 Å². The Morgan fingerprint density at radius 3 is 2.33 bits per heavy atom. The molecule has 2 amide bonds. The van der Waals surface area contributed by atoms with Crippen LogP contribution in [0.1, 0.15) is 12.8 Å². The number of carbonyl (C=O) groups is 3. The number of hydrogen-bond donors (Lipinski definition) is 3. The second-order valence-corrected chi connectivity index (χ2v) is 6.58. The van der Waals surface area contributed by atoms with Crippen molar-refractivity contribution >= 4 is 40.9 Å². The highest BCUT2D eigenvalue weighted by Gasteiger charge is 2.07. The molecule has 0 aliphatic carbocycles. The predicted molar refractivity (Wildman–Crippen MR) is 104 cm³/mol. The molecule has 0 atom stereocenters. The van der Waals surface area contributed by atoms with Gasteiger partial charge in [-0.25, -0.2) is 0 Å². The summed E-state index contributed by atoms with van der Waals surface area (Å²) >= 11 is 1.37. The highest BCUT2D eigenvalue weighted by atomic mass is 32.2. The number of ether oxygens (including phenoxy) is 1. The SMILES string of the molecule is COc1cccc(NC(=O)CSc2ccc(NC(=O)CCC(=O)O)cc2)c1. The lowest BCUT2D eigenvalue weighted by atomic mass is 10.2. The van der Waals surface area contributed by atoms with Gasteiger partial charge in [0.25, 0.3) is 0 Å². The van der Waals surface area contributed by atoms with Gasteiger partial charge in [-0.05, 0) is 36.4 Å². The number of methoxy groups -OCH3 is 1. The van der Waals surface area contributed by atoms with Gasteiger partial charge in [-0.2, -0.15) is 0 Å². The summed E-state index contributed by atoms with van der Waals surface area (Å²) in [6.07, 6.45) is -0.279. The largest absolute Gasteiger partial charge is 0.497 e. The zero-order chi connectivity index (χ0) is 19.6. The first kappa shape index (κ1) is 20.3. The zero-order valence-corrected chi connectivity index (χ0v) is 15.5. The molecule has 0 spiro atoms. The van der Waals surface area contributed by atoms with Crippen LogP contribution in [-0.2, 0) is 14.4 Å². The van der Waals surface area contributed by atoms with Crippen molar-refractivity contribution in [3.05, 3.63) is 48.5 Å². The van der Waals surface area contributed by atoms with E-state index < -0.39 is 5.97 Å². The van der Waals surface area contributed by atoms with Gasteiger partial charge in [0, 0.05) is 28.8 Å². The summed E-state index contributed by atoms with van der Waals surface area (Å²) in [4.78, 5) is 35.0. The van der Waals surface area contributed by atoms with Crippen molar-refractivity contribution in [1.29, 1.82) is 0 Å². The van der Waals surface area contributed by atoms with Gasteiger partial charge in [-0.3, -0.25) is 14.4 Å². The average Bonchev–Trinajstić information content (AvgIpc) is 2.66. The van der Waals surface area contributed by atoms with Gasteiger partial charge in [-0.1, -0.05) is 6.07 Å². The third-order valence-electron chi connectivity index (χ3n) is 3.43. The summed E-state index contributed by atoms with van der Waals surface area (Å²) in [5, 5.41) is 14.0. The van der Waals surface area contributed by atoms with E-state index in [1.807, 2.05) is 0 Å². The minimum absolute atomic E-state index is 0.0731. The standard InChI is InChI=1S/C19H20N2O5S/c1-26-15-4-2-3-14(11-15)21-18(23)12-27-16-7-5-13(6-8-16)20-17(22)9-10-19(24)25/h2-8,11H,9-10,12H2,1H3,(H,20,22)(H,21,23)(H,24,25). The van der Waals surface area contributed by atoms with Crippen LogP contribution in [0.5, 0.6) is 5.75 Å². The number of benzene rings is 2. The fourth-order valence-corrected chi connectivity index (χ4v) is 2.82. The number of carboxylic acid groups (broad SMARTS) is 1. The van der Waals surface area contributed by atoms with E-state index in [1.54, 1.807) is 55.6 Å². The lowest BCUT2D eigenvalue weighted by Crippen LogP contribution is -2.14. The number of amides is 2. The molecule has 0 saturated heterocycles. The molecule has 3 N–H and O–H groups in total. The summed E-state index contributed by atoms with van der Waals surface area (Å²) in [5.74, 6) is -0.595. The summed E-state index contributed by atoms with van der Waals surface area (Å²) in [7, 11) is 1.56. The third kappa shape index (κ3) is 7.41. The maximum atomic E-state index is 12.0. The highest BCUT2D eigenvalue weighted by molar-refractivity contribution is 8.00. The fraction of sp³-hybridized carbons (Fsp3) is 0.211. The van der Waals surface area contributed by atoms with Crippen molar-refractivity contribution in [1.82, 2.24) is 0 Å². The number of thioether (sulfide) groups is 1. The highest BCUT2D eigenvalue weighted by Crippen LogP contribution is 2.22. The van der Waals surface area contributed by atoms with E-state index in [-0.39, 0.29) is 30.4 Å². The molecule has 0 aliphatic rings. The van der Waals surface area contributed by atoms with Crippen LogP contribution >= 0.6 is 11.8 Å². The minimum Gasteiger partial charge on any atom is -0.497 e. The Morgan fingerprint density at radius 1 is 0.963 bits per heavy atom. The van der Waals surface area contributed by atoms with Crippen molar-refractivity contribution in [2.45, 2.75) is 17.7 Å². The number of hydrogen-bond acceptors (Lipinski definition) is 5. The molecule has 8 heteroatoms. The Hall–Kier alpha value is -3.00. The van der Waals surface area contributed by atoms with E-state index in [9.17, 15) is 14.4 Å². The second-order valence-electron chi connectivity index (χ2n) is 5.54. The number of rotatable bonds is 9. The fourth-order valence-electron chi connectivity index (χ4n) is 2.13. The van der Waals surface area contributed by atoms with Crippen LogP contribution < -0.4 is 15.4 Å². The summed E-state index contributed by atoms with van der Waals surface area (Å²) in [6, 6.07) is 14.1. The van der Waals surface area contributed by atoms with Gasteiger partial charge in [0.2, 0.25) is 11.8 Å². The molecule has 0 saturated carbocycles. The third-order valence-corrected chi connectivity index (χ3v) is 4.44. The van der Waals surface area contributed by atoms with Crippen LogP contribution in [0.3, 0.4) is 0 Å². The van der Waals surface area contributed by atoms with Crippen LogP contribution in [0.15, 0.2) is 53.4 Å². The molecule has 0 heterocycles. The number of anilines is 2. The molecule has 27 heavy (non-hydrogen) atoms. The molecule has 142 valence electrons. The number of aliphatic carboxylic acids is 1. The molecule has 0 bridgehead atoms. The molecule has 7 nitrogen and oxygen atoms in total. The first-order chi connectivity index (χ1) is 13.0. The maximum Gasteiger partial charge on any atom is 0.303 e. The van der Waals surface area contributed by atoms with E-state index in [4.69, 9.17) is 9.84 Å². The van der Waals surface area contributed by atoms with Gasteiger partial charge in [0.15, 0.2) is 0 Å². The molecular weight excluding hydrogens is 368 g/mol. The number of nitrogens with one attached hydrogen (secondary N) is 2. The molecule has 0 aliphatic heterocycles. The molecule has 2 rings (SSSR count). The summed E-state index contributed by atoms with van der Waals surface area (Å²) < 4.78 is 5.12. The smallest absolute Gasteiger partial charge is 0.303 e. The van der Waals surface area contributed by atoms with Crippen molar-refractivity contribution in [2.24, 2.45) is 0 Å².